The van der Waals surface area contributed by atoms with Crippen LogP contribution < -0.4 is 10.2 Å². The Bertz CT molecular complexity index is 428. The van der Waals surface area contributed by atoms with Crippen molar-refractivity contribution in [2.75, 3.05) is 24.3 Å². The van der Waals surface area contributed by atoms with Crippen LogP contribution in [-0.2, 0) is 4.79 Å². The van der Waals surface area contributed by atoms with Crippen LogP contribution in [0.3, 0.4) is 0 Å². The Hall–Kier alpha value is -1.84. The third kappa shape index (κ3) is 2.64. The number of nitrogens with one attached hydrogen (secondary N) is 1. The first kappa shape index (κ1) is 13.2. The van der Waals surface area contributed by atoms with Gasteiger partial charge in [-0.05, 0) is 23.6 Å². The van der Waals surface area contributed by atoms with Crippen molar-refractivity contribution in [3.63, 3.8) is 0 Å². The molecule has 4 nitrogen and oxygen atoms in total. The summed E-state index contributed by atoms with van der Waals surface area (Å²) in [7, 11) is 3.40. The van der Waals surface area contributed by atoms with E-state index < -0.39 is 0 Å². The first-order valence-electron chi connectivity index (χ1n) is 5.54. The second-order valence-electron chi connectivity index (χ2n) is 4.24. The van der Waals surface area contributed by atoms with E-state index in [9.17, 15) is 9.59 Å². The first-order chi connectivity index (χ1) is 8.04. The smallest absolute Gasteiger partial charge is 0.213 e. The van der Waals surface area contributed by atoms with Crippen LogP contribution in [0, 0.1) is 0 Å². The zero-order valence-electron chi connectivity index (χ0n) is 10.7. The minimum Gasteiger partial charge on any atom is -0.386 e. The van der Waals surface area contributed by atoms with Gasteiger partial charge in [0, 0.05) is 19.7 Å². The van der Waals surface area contributed by atoms with Gasteiger partial charge in [0.05, 0.1) is 11.4 Å². The molecule has 1 amide bonds. The maximum atomic E-state index is 11.1. The summed E-state index contributed by atoms with van der Waals surface area (Å²) in [6.45, 7) is 4.10. The van der Waals surface area contributed by atoms with Gasteiger partial charge in [-0.3, -0.25) is 9.59 Å². The highest BCUT2D eigenvalue weighted by molar-refractivity contribution is 5.94. The number of hydrogen-bond donors (Lipinski definition) is 1. The molecule has 17 heavy (non-hydrogen) atoms. The van der Waals surface area contributed by atoms with Crippen molar-refractivity contribution < 1.29 is 9.59 Å². The summed E-state index contributed by atoms with van der Waals surface area (Å²) in [5.41, 5.74) is 3.01. The SMILES string of the molecule is CNc1c(C=O)cc(C(C)C)cc1N(C)C=O. The molecule has 92 valence electrons. The largest absolute Gasteiger partial charge is 0.386 e. The zero-order chi connectivity index (χ0) is 13.0. The Morgan fingerprint density at radius 2 is 1.94 bits per heavy atom. The molecular weight excluding hydrogens is 216 g/mol. The Balaban J connectivity index is 3.47. The van der Waals surface area contributed by atoms with Gasteiger partial charge >= 0.3 is 0 Å². The lowest BCUT2D eigenvalue weighted by molar-refractivity contribution is -0.107. The van der Waals surface area contributed by atoms with Crippen LogP contribution in [0.25, 0.3) is 0 Å². The summed E-state index contributed by atoms with van der Waals surface area (Å²) < 4.78 is 0. The van der Waals surface area contributed by atoms with Crippen LogP contribution in [0.1, 0.15) is 35.7 Å². The minimum absolute atomic E-state index is 0.304. The molecule has 0 spiro atoms. The lowest BCUT2D eigenvalue weighted by Gasteiger charge is -2.20. The lowest BCUT2D eigenvalue weighted by Crippen LogP contribution is -2.17. The molecule has 1 N–H and O–H groups in total. The van der Waals surface area contributed by atoms with Crippen molar-refractivity contribution in [2.24, 2.45) is 0 Å². The molecule has 0 fully saturated rings. The van der Waals surface area contributed by atoms with E-state index in [1.165, 1.54) is 4.90 Å². The van der Waals surface area contributed by atoms with Crippen molar-refractivity contribution in [1.82, 2.24) is 0 Å². The van der Waals surface area contributed by atoms with Crippen molar-refractivity contribution in [1.29, 1.82) is 0 Å². The molecule has 0 heterocycles. The van der Waals surface area contributed by atoms with Gasteiger partial charge in [-0.1, -0.05) is 13.8 Å². The van der Waals surface area contributed by atoms with Gasteiger partial charge in [-0.25, -0.2) is 0 Å². The molecule has 0 atom stereocenters. The number of nitrogens with zero attached hydrogens (tertiary/aromatic N) is 1. The van der Waals surface area contributed by atoms with Crippen LogP contribution in [0.5, 0.6) is 0 Å². The van der Waals surface area contributed by atoms with Crippen molar-refractivity contribution in [2.45, 2.75) is 19.8 Å². The molecular formula is C13H18N2O2. The summed E-state index contributed by atoms with van der Waals surface area (Å²) in [5.74, 6) is 0.304. The van der Waals surface area contributed by atoms with Crippen molar-refractivity contribution in [3.05, 3.63) is 23.3 Å². The fourth-order valence-electron chi connectivity index (χ4n) is 1.70. The third-order valence-electron chi connectivity index (χ3n) is 2.75. The number of carbonyl (C=O) groups is 2. The molecule has 0 saturated heterocycles. The van der Waals surface area contributed by atoms with E-state index >= 15 is 0 Å². The summed E-state index contributed by atoms with van der Waals surface area (Å²) in [4.78, 5) is 23.4. The predicted octanol–water partition coefficient (Wildman–Crippen LogP) is 2.26. The maximum Gasteiger partial charge on any atom is 0.213 e. The Kier molecular flexibility index (Phi) is 4.26. The average Bonchev–Trinajstić information content (AvgIpc) is 2.35. The number of aldehydes is 1. The fraction of sp³-hybridized carbons (Fsp3) is 0.385. The number of benzene rings is 1. The minimum atomic E-state index is 0.304. The second kappa shape index (κ2) is 5.48. The monoisotopic (exact) mass is 234 g/mol. The third-order valence-corrected chi connectivity index (χ3v) is 2.75. The zero-order valence-corrected chi connectivity index (χ0v) is 10.7. The molecule has 0 aliphatic rings. The molecule has 0 aromatic heterocycles. The fourth-order valence-corrected chi connectivity index (χ4v) is 1.70. The van der Waals surface area contributed by atoms with E-state index in [2.05, 4.69) is 5.32 Å². The number of hydrogen-bond acceptors (Lipinski definition) is 3. The highest BCUT2D eigenvalue weighted by atomic mass is 16.1. The number of carbonyl (C=O) groups excluding carboxylic acids is 2. The Morgan fingerprint density at radius 1 is 1.29 bits per heavy atom. The van der Waals surface area contributed by atoms with Crippen LogP contribution >= 0.6 is 0 Å². The van der Waals surface area contributed by atoms with Gasteiger partial charge in [-0.15, -0.1) is 0 Å². The second-order valence-corrected chi connectivity index (χ2v) is 4.24. The molecule has 0 radical (unpaired) electrons. The molecule has 1 rings (SSSR count). The standard InChI is InChI=1S/C13H18N2O2/c1-9(2)10-5-11(7-16)13(14-3)12(6-10)15(4)8-17/h5-9,14H,1-4H3. The molecule has 0 aliphatic carbocycles. The molecule has 0 saturated carbocycles. The van der Waals surface area contributed by atoms with Gasteiger partial charge in [-0.2, -0.15) is 0 Å². The molecule has 1 aromatic carbocycles. The van der Waals surface area contributed by atoms with Crippen LogP contribution in [-0.4, -0.2) is 26.8 Å². The molecule has 0 aliphatic heterocycles. The van der Waals surface area contributed by atoms with E-state index in [1.807, 2.05) is 26.0 Å². The highest BCUT2D eigenvalue weighted by Crippen LogP contribution is 2.31. The van der Waals surface area contributed by atoms with Crippen LogP contribution in [0.2, 0.25) is 0 Å². The van der Waals surface area contributed by atoms with Gasteiger partial charge in [0.25, 0.3) is 0 Å². The van der Waals surface area contributed by atoms with Gasteiger partial charge in [0.1, 0.15) is 0 Å². The van der Waals surface area contributed by atoms with Crippen LogP contribution in [0.4, 0.5) is 11.4 Å². The van der Waals surface area contributed by atoms with E-state index in [1.54, 1.807) is 14.1 Å². The topological polar surface area (TPSA) is 49.4 Å². The summed E-state index contributed by atoms with van der Waals surface area (Å²) in [6, 6.07) is 3.78. The molecule has 0 bridgehead atoms. The van der Waals surface area contributed by atoms with E-state index in [4.69, 9.17) is 0 Å². The Morgan fingerprint density at radius 3 is 2.35 bits per heavy atom. The average molecular weight is 234 g/mol. The Labute approximate surface area is 102 Å². The first-order valence-corrected chi connectivity index (χ1v) is 5.54. The summed E-state index contributed by atoms with van der Waals surface area (Å²) in [6.07, 6.45) is 1.54. The van der Waals surface area contributed by atoms with Gasteiger partial charge < -0.3 is 10.2 Å². The number of rotatable bonds is 5. The maximum absolute atomic E-state index is 11.1. The summed E-state index contributed by atoms with van der Waals surface area (Å²) in [5, 5.41) is 2.96. The summed E-state index contributed by atoms with van der Waals surface area (Å²) >= 11 is 0. The molecule has 4 heteroatoms. The van der Waals surface area contributed by atoms with Crippen molar-refractivity contribution in [3.8, 4) is 0 Å². The van der Waals surface area contributed by atoms with E-state index in [-0.39, 0.29) is 0 Å². The number of anilines is 2. The normalized spacial score (nSPS) is 10.2. The van der Waals surface area contributed by atoms with E-state index in [0.29, 0.717) is 17.2 Å². The van der Waals surface area contributed by atoms with Gasteiger partial charge in [0.15, 0.2) is 6.29 Å². The van der Waals surface area contributed by atoms with Crippen molar-refractivity contribution >= 4 is 24.1 Å². The van der Waals surface area contributed by atoms with Gasteiger partial charge in [0.2, 0.25) is 6.41 Å². The highest BCUT2D eigenvalue weighted by Gasteiger charge is 2.13. The predicted molar refractivity (Wildman–Crippen MR) is 69.9 cm³/mol. The quantitative estimate of drug-likeness (QED) is 0.795. The number of amides is 1. The van der Waals surface area contributed by atoms with E-state index in [0.717, 1.165) is 23.9 Å². The molecule has 0 unspecified atom stereocenters. The van der Waals surface area contributed by atoms with Crippen LogP contribution in [0.15, 0.2) is 12.1 Å². The lowest BCUT2D eigenvalue weighted by atomic mass is 9.98. The molecule has 1 aromatic rings.